The minimum Gasteiger partial charge on any atom is -0.497 e. The standard InChI is InChI=1S/C23H26FN3O4S/c1-30-19-13-18(14-20(15-19)31-2)25-22(29)26-8-6-23(7-9-26)27(10-11-32-23)21(28)16-4-3-5-17(24)12-16/h3-5,12-15H,6-11H2,1-2H3,(H,25,29). The summed E-state index contributed by atoms with van der Waals surface area (Å²) in [5.41, 5.74) is 0.948. The molecule has 0 unspecified atom stereocenters. The third kappa shape index (κ3) is 4.48. The number of anilines is 1. The molecule has 0 saturated carbocycles. The van der Waals surface area contributed by atoms with Crippen LogP contribution in [0.2, 0.25) is 0 Å². The monoisotopic (exact) mass is 459 g/mol. The normalized spacial score (nSPS) is 17.3. The van der Waals surface area contributed by atoms with Gasteiger partial charge in [-0.1, -0.05) is 6.07 Å². The fraction of sp³-hybridized carbons (Fsp3) is 0.391. The lowest BCUT2D eigenvalue weighted by Gasteiger charge is -2.44. The molecule has 0 bridgehead atoms. The number of thioether (sulfide) groups is 1. The third-order valence-electron chi connectivity index (χ3n) is 5.93. The molecule has 170 valence electrons. The zero-order valence-electron chi connectivity index (χ0n) is 18.1. The van der Waals surface area contributed by atoms with E-state index in [9.17, 15) is 14.0 Å². The van der Waals surface area contributed by atoms with Crippen LogP contribution in [-0.4, -0.2) is 66.2 Å². The van der Waals surface area contributed by atoms with Crippen LogP contribution in [0.25, 0.3) is 0 Å². The summed E-state index contributed by atoms with van der Waals surface area (Å²) < 4.78 is 24.1. The Morgan fingerprint density at radius 2 is 1.72 bits per heavy atom. The number of halogens is 1. The summed E-state index contributed by atoms with van der Waals surface area (Å²) >= 11 is 1.75. The number of hydrogen-bond acceptors (Lipinski definition) is 5. The molecule has 0 aliphatic carbocycles. The van der Waals surface area contributed by atoms with Gasteiger partial charge < -0.3 is 24.6 Å². The lowest BCUT2D eigenvalue weighted by molar-refractivity contribution is 0.0585. The fourth-order valence-corrected chi connectivity index (χ4v) is 5.68. The van der Waals surface area contributed by atoms with Crippen LogP contribution < -0.4 is 14.8 Å². The van der Waals surface area contributed by atoms with Crippen molar-refractivity contribution in [3.05, 3.63) is 53.8 Å². The van der Waals surface area contributed by atoms with E-state index in [0.29, 0.717) is 55.2 Å². The average molecular weight is 460 g/mol. The van der Waals surface area contributed by atoms with Crippen molar-refractivity contribution in [1.29, 1.82) is 0 Å². The van der Waals surface area contributed by atoms with Crippen LogP contribution >= 0.6 is 11.8 Å². The van der Waals surface area contributed by atoms with Gasteiger partial charge in [-0.2, -0.15) is 0 Å². The van der Waals surface area contributed by atoms with E-state index >= 15 is 0 Å². The lowest BCUT2D eigenvalue weighted by atomic mass is 10.0. The molecule has 2 heterocycles. The molecule has 1 spiro atoms. The number of piperidine rings is 1. The van der Waals surface area contributed by atoms with Crippen molar-refractivity contribution in [2.75, 3.05) is 44.9 Å². The fourth-order valence-electron chi connectivity index (χ4n) is 4.23. The molecule has 2 aliphatic heterocycles. The zero-order chi connectivity index (χ0) is 22.7. The van der Waals surface area contributed by atoms with Gasteiger partial charge in [0.25, 0.3) is 5.91 Å². The van der Waals surface area contributed by atoms with Gasteiger partial charge in [-0.05, 0) is 31.0 Å². The number of hydrogen-bond donors (Lipinski definition) is 1. The summed E-state index contributed by atoms with van der Waals surface area (Å²) in [7, 11) is 3.11. The molecule has 0 aromatic heterocycles. The highest BCUT2D eigenvalue weighted by Gasteiger charge is 2.47. The van der Waals surface area contributed by atoms with Crippen molar-refractivity contribution in [2.24, 2.45) is 0 Å². The summed E-state index contributed by atoms with van der Waals surface area (Å²) in [6, 6.07) is 10.8. The molecule has 0 radical (unpaired) electrons. The van der Waals surface area contributed by atoms with Crippen molar-refractivity contribution in [3.8, 4) is 11.5 Å². The van der Waals surface area contributed by atoms with E-state index in [1.54, 1.807) is 61.2 Å². The van der Waals surface area contributed by atoms with Crippen molar-refractivity contribution in [2.45, 2.75) is 17.7 Å². The summed E-state index contributed by atoms with van der Waals surface area (Å²) in [5.74, 6) is 1.43. The topological polar surface area (TPSA) is 71.1 Å². The van der Waals surface area contributed by atoms with Gasteiger partial charge in [-0.15, -0.1) is 11.8 Å². The number of urea groups is 1. The molecular formula is C23H26FN3O4S. The SMILES string of the molecule is COc1cc(NC(=O)N2CCC3(CC2)SCCN3C(=O)c2cccc(F)c2)cc(OC)c1. The van der Waals surface area contributed by atoms with E-state index in [1.165, 1.54) is 12.1 Å². The van der Waals surface area contributed by atoms with Gasteiger partial charge in [-0.25, -0.2) is 9.18 Å². The van der Waals surface area contributed by atoms with Crippen LogP contribution in [0, 0.1) is 5.82 Å². The number of nitrogens with one attached hydrogen (secondary N) is 1. The minimum absolute atomic E-state index is 0.157. The number of benzene rings is 2. The summed E-state index contributed by atoms with van der Waals surface area (Å²) in [6.45, 7) is 1.66. The van der Waals surface area contributed by atoms with Crippen LogP contribution in [-0.2, 0) is 0 Å². The minimum atomic E-state index is -0.419. The Labute approximate surface area is 190 Å². The molecule has 9 heteroatoms. The Hall–Kier alpha value is -2.94. The van der Waals surface area contributed by atoms with Gasteiger partial charge in [0.1, 0.15) is 17.3 Å². The lowest BCUT2D eigenvalue weighted by Crippen LogP contribution is -2.54. The summed E-state index contributed by atoms with van der Waals surface area (Å²) in [6.07, 6.45) is 1.32. The van der Waals surface area contributed by atoms with Gasteiger partial charge in [0.15, 0.2) is 0 Å². The predicted molar refractivity (Wildman–Crippen MR) is 122 cm³/mol. The van der Waals surface area contributed by atoms with E-state index in [4.69, 9.17) is 9.47 Å². The molecular weight excluding hydrogens is 433 g/mol. The van der Waals surface area contributed by atoms with Crippen molar-refractivity contribution < 1.29 is 23.5 Å². The molecule has 32 heavy (non-hydrogen) atoms. The van der Waals surface area contributed by atoms with E-state index in [0.717, 1.165) is 5.75 Å². The van der Waals surface area contributed by atoms with Gasteiger partial charge in [0.05, 0.1) is 19.1 Å². The second-order valence-corrected chi connectivity index (χ2v) is 9.24. The van der Waals surface area contributed by atoms with Crippen LogP contribution in [0.4, 0.5) is 14.9 Å². The largest absolute Gasteiger partial charge is 0.497 e. The second-order valence-electron chi connectivity index (χ2n) is 7.78. The quantitative estimate of drug-likeness (QED) is 0.747. The van der Waals surface area contributed by atoms with E-state index in [2.05, 4.69) is 5.32 Å². The third-order valence-corrected chi connectivity index (χ3v) is 7.48. The van der Waals surface area contributed by atoms with E-state index in [-0.39, 0.29) is 16.8 Å². The molecule has 2 aliphatic rings. The molecule has 2 fully saturated rings. The Kier molecular flexibility index (Phi) is 6.45. The number of methoxy groups -OCH3 is 2. The maximum Gasteiger partial charge on any atom is 0.321 e. The maximum atomic E-state index is 13.6. The summed E-state index contributed by atoms with van der Waals surface area (Å²) in [4.78, 5) is 29.2. The Morgan fingerprint density at radius 1 is 1.03 bits per heavy atom. The first kappa shape index (κ1) is 22.3. The number of likely N-dealkylation sites (tertiary alicyclic amines) is 1. The molecule has 2 aromatic carbocycles. The average Bonchev–Trinajstić information content (AvgIpc) is 3.21. The van der Waals surface area contributed by atoms with Crippen LogP contribution in [0.15, 0.2) is 42.5 Å². The highest BCUT2D eigenvalue weighted by atomic mass is 32.2. The highest BCUT2D eigenvalue weighted by molar-refractivity contribution is 8.00. The zero-order valence-corrected chi connectivity index (χ0v) is 18.9. The second kappa shape index (κ2) is 9.28. The maximum absolute atomic E-state index is 13.6. The van der Waals surface area contributed by atoms with Crippen molar-refractivity contribution in [3.63, 3.8) is 0 Å². The Morgan fingerprint density at radius 3 is 2.34 bits per heavy atom. The smallest absolute Gasteiger partial charge is 0.321 e. The molecule has 4 rings (SSSR count). The number of carbonyl (C=O) groups is 2. The molecule has 0 atom stereocenters. The molecule has 1 N–H and O–H groups in total. The van der Waals surface area contributed by atoms with E-state index in [1.807, 2.05) is 4.90 Å². The van der Waals surface area contributed by atoms with Gasteiger partial charge >= 0.3 is 6.03 Å². The van der Waals surface area contributed by atoms with Gasteiger partial charge in [0.2, 0.25) is 0 Å². The molecule has 3 amide bonds. The highest BCUT2D eigenvalue weighted by Crippen LogP contribution is 2.44. The Bertz CT molecular complexity index is 988. The molecule has 2 saturated heterocycles. The molecule has 2 aromatic rings. The predicted octanol–water partition coefficient (Wildman–Crippen LogP) is 4.06. The van der Waals surface area contributed by atoms with Crippen LogP contribution in [0.1, 0.15) is 23.2 Å². The first-order chi connectivity index (χ1) is 15.4. The first-order valence-electron chi connectivity index (χ1n) is 10.4. The van der Waals surface area contributed by atoms with Crippen LogP contribution in [0.3, 0.4) is 0 Å². The summed E-state index contributed by atoms with van der Waals surface area (Å²) in [5, 5.41) is 2.90. The number of rotatable bonds is 4. The van der Waals surface area contributed by atoms with Crippen molar-refractivity contribution >= 4 is 29.4 Å². The van der Waals surface area contributed by atoms with Crippen molar-refractivity contribution in [1.82, 2.24) is 9.80 Å². The number of nitrogens with zero attached hydrogens (tertiary/aromatic N) is 2. The number of amides is 3. The van der Waals surface area contributed by atoms with Gasteiger partial charge in [0, 0.05) is 54.8 Å². The number of carbonyl (C=O) groups excluding carboxylic acids is 2. The van der Waals surface area contributed by atoms with Gasteiger partial charge in [-0.3, -0.25) is 4.79 Å². The molecule has 7 nitrogen and oxygen atoms in total. The first-order valence-corrected chi connectivity index (χ1v) is 11.4. The Balaban J connectivity index is 1.42. The number of ether oxygens (including phenoxy) is 2. The van der Waals surface area contributed by atoms with E-state index < -0.39 is 5.82 Å². The van der Waals surface area contributed by atoms with Crippen LogP contribution in [0.5, 0.6) is 11.5 Å².